The van der Waals surface area contributed by atoms with Crippen LogP contribution in [0.25, 0.3) is 10.8 Å². The number of aromatic nitrogens is 2. The van der Waals surface area contributed by atoms with Gasteiger partial charge in [-0.25, -0.2) is 13.4 Å². The van der Waals surface area contributed by atoms with E-state index in [4.69, 9.17) is 9.47 Å². The molecule has 1 unspecified atom stereocenters. The average Bonchev–Trinajstić information content (AvgIpc) is 4.00. The minimum atomic E-state index is -3.86. The number of carbonyl (C=O) groups is 3. The maximum absolute atomic E-state index is 14.5. The van der Waals surface area contributed by atoms with Crippen molar-refractivity contribution in [3.05, 3.63) is 67.6 Å². The van der Waals surface area contributed by atoms with Gasteiger partial charge < -0.3 is 25.0 Å². The van der Waals surface area contributed by atoms with Crippen molar-refractivity contribution in [2.45, 2.75) is 75.4 Å². The minimum absolute atomic E-state index is 0.0621. The topological polar surface area (TPSA) is 169 Å². The Balaban J connectivity index is 1.29. The molecule has 13 nitrogen and oxygen atoms in total. The van der Waals surface area contributed by atoms with Crippen LogP contribution in [0.15, 0.2) is 67.6 Å². The van der Waals surface area contributed by atoms with Gasteiger partial charge in [0.1, 0.15) is 29.5 Å². The van der Waals surface area contributed by atoms with Crippen molar-refractivity contribution in [2.24, 2.45) is 11.3 Å². The van der Waals surface area contributed by atoms with Crippen LogP contribution in [-0.2, 0) is 24.4 Å². The number of ether oxygens (including phenoxy) is 2. The first-order valence-corrected chi connectivity index (χ1v) is 17.9. The van der Waals surface area contributed by atoms with Gasteiger partial charge in [-0.2, -0.15) is 0 Å². The van der Waals surface area contributed by atoms with Gasteiger partial charge in [0.25, 0.3) is 5.91 Å². The quantitative estimate of drug-likeness (QED) is 0.240. The zero-order valence-electron chi connectivity index (χ0n) is 28.0. The van der Waals surface area contributed by atoms with Gasteiger partial charge in [0.2, 0.25) is 27.7 Å². The number of hydrogen-bond acceptors (Lipinski definition) is 10. The molecule has 1 aromatic carbocycles. The van der Waals surface area contributed by atoms with Crippen molar-refractivity contribution in [2.75, 3.05) is 19.0 Å². The van der Waals surface area contributed by atoms with Crippen LogP contribution in [0.2, 0.25) is 0 Å². The van der Waals surface area contributed by atoms with E-state index in [-0.39, 0.29) is 25.3 Å². The second-order valence-corrected chi connectivity index (χ2v) is 16.0. The molecule has 3 aromatic rings. The smallest absolute Gasteiger partial charge is 0.259 e. The summed E-state index contributed by atoms with van der Waals surface area (Å²) in [6, 6.07) is 9.10. The standard InChI is InChI=1S/C35H42N6O7S/c1-6-22-18-35(22,33(44)40-49(45,46)26-10-11-26)39-30(42)28-17-25(48-31-27-12-9-24(47-5)16-21(27)13-15-37-31)20-41(28)32(43)29(34(2,3)4)38-23-8-7-14-36-19-23/h6-9,12-16,19,22,25-26,28-29,38H,1,10-11,17-18,20H2,2-5H3,(H,39,42)(H,40,44)/t22-,25-,28+,29?,35-/m1/s1. The molecular formula is C35H42N6O7S. The van der Waals surface area contributed by atoms with Gasteiger partial charge in [0.05, 0.1) is 24.6 Å². The lowest BCUT2D eigenvalue weighted by Gasteiger charge is -2.36. The third kappa shape index (κ3) is 7.05. The number of carbonyl (C=O) groups excluding carboxylic acids is 3. The summed E-state index contributed by atoms with van der Waals surface area (Å²) in [6.07, 6.45) is 7.02. The lowest BCUT2D eigenvalue weighted by molar-refractivity contribution is -0.141. The van der Waals surface area contributed by atoms with Crippen molar-refractivity contribution in [3.63, 3.8) is 0 Å². The molecule has 3 amide bonds. The predicted molar refractivity (Wildman–Crippen MR) is 183 cm³/mol. The van der Waals surface area contributed by atoms with Gasteiger partial charge >= 0.3 is 0 Å². The Morgan fingerprint density at radius 2 is 1.92 bits per heavy atom. The SMILES string of the molecule is C=C[C@@H]1C[C@]1(NC(=O)[C@@H]1C[C@@H](Oc2nccc3cc(OC)ccc23)CN1C(=O)C(Nc1cccnc1)C(C)(C)C)C(=O)NS(=O)(=O)C1CC1. The summed E-state index contributed by atoms with van der Waals surface area (Å²) in [4.78, 5) is 52.3. The van der Waals surface area contributed by atoms with Crippen molar-refractivity contribution in [3.8, 4) is 11.6 Å². The molecule has 49 heavy (non-hydrogen) atoms. The van der Waals surface area contributed by atoms with Crippen LogP contribution < -0.4 is 24.8 Å². The lowest BCUT2D eigenvalue weighted by Crippen LogP contribution is -2.58. The summed E-state index contributed by atoms with van der Waals surface area (Å²) in [5, 5.41) is 7.10. The van der Waals surface area contributed by atoms with Crippen LogP contribution in [0.4, 0.5) is 5.69 Å². The molecule has 3 aliphatic rings. The lowest BCUT2D eigenvalue weighted by atomic mass is 9.85. The fraction of sp³-hybridized carbons (Fsp3) is 0.457. The van der Waals surface area contributed by atoms with E-state index in [0.29, 0.717) is 30.2 Å². The molecule has 1 aliphatic heterocycles. The monoisotopic (exact) mass is 690 g/mol. The molecule has 0 spiro atoms. The summed E-state index contributed by atoms with van der Waals surface area (Å²) in [5.41, 5.74) is -1.45. The van der Waals surface area contributed by atoms with E-state index >= 15 is 0 Å². The maximum Gasteiger partial charge on any atom is 0.259 e. The summed E-state index contributed by atoms with van der Waals surface area (Å²) >= 11 is 0. The van der Waals surface area contributed by atoms with E-state index in [1.165, 1.54) is 11.0 Å². The number of methoxy groups -OCH3 is 1. The Hall–Kier alpha value is -4.72. The molecule has 14 heteroatoms. The molecule has 1 saturated heterocycles. The molecule has 0 radical (unpaired) electrons. The number of pyridine rings is 2. The van der Waals surface area contributed by atoms with E-state index in [1.807, 2.05) is 39.0 Å². The van der Waals surface area contributed by atoms with Crippen LogP contribution in [-0.4, -0.2) is 83.6 Å². The van der Waals surface area contributed by atoms with Crippen molar-refractivity contribution in [1.82, 2.24) is 24.9 Å². The molecule has 6 rings (SSSR count). The Bertz CT molecular complexity index is 1880. The first-order valence-electron chi connectivity index (χ1n) is 16.3. The van der Waals surface area contributed by atoms with Crippen LogP contribution in [0, 0.1) is 11.3 Å². The number of anilines is 1. The molecule has 2 saturated carbocycles. The van der Waals surface area contributed by atoms with Crippen molar-refractivity contribution in [1.29, 1.82) is 0 Å². The normalized spacial score (nSPS) is 24.1. The van der Waals surface area contributed by atoms with Gasteiger partial charge in [-0.15, -0.1) is 6.58 Å². The van der Waals surface area contributed by atoms with Crippen LogP contribution in [0.3, 0.4) is 0 Å². The molecule has 0 bridgehead atoms. The van der Waals surface area contributed by atoms with E-state index < -0.39 is 62.1 Å². The molecule has 3 N–H and O–H groups in total. The van der Waals surface area contributed by atoms with E-state index in [2.05, 4.69) is 31.9 Å². The number of fused-ring (bicyclic) bond motifs is 1. The van der Waals surface area contributed by atoms with Crippen molar-refractivity contribution >= 4 is 44.2 Å². The highest BCUT2D eigenvalue weighted by atomic mass is 32.2. The Morgan fingerprint density at radius 3 is 2.55 bits per heavy atom. The highest BCUT2D eigenvalue weighted by Gasteiger charge is 2.62. The van der Waals surface area contributed by atoms with Crippen molar-refractivity contribution < 1.29 is 32.3 Å². The number of hydrogen-bond donors (Lipinski definition) is 3. The summed E-state index contributed by atoms with van der Waals surface area (Å²) in [7, 11) is -2.28. The summed E-state index contributed by atoms with van der Waals surface area (Å²) in [6.45, 7) is 9.61. The molecular weight excluding hydrogens is 648 g/mol. The van der Waals surface area contributed by atoms with Gasteiger partial charge in [-0.3, -0.25) is 24.1 Å². The Morgan fingerprint density at radius 1 is 1.14 bits per heavy atom. The zero-order valence-corrected chi connectivity index (χ0v) is 28.8. The van der Waals surface area contributed by atoms with E-state index in [9.17, 15) is 22.8 Å². The van der Waals surface area contributed by atoms with E-state index in [1.54, 1.807) is 43.9 Å². The molecule has 2 aromatic heterocycles. The second kappa shape index (κ2) is 13.0. The third-order valence-electron chi connectivity index (χ3n) is 9.40. The van der Waals surface area contributed by atoms with Crippen LogP contribution in [0.1, 0.15) is 46.5 Å². The summed E-state index contributed by atoms with van der Waals surface area (Å²) in [5.74, 6) is -1.20. The van der Waals surface area contributed by atoms with Crippen LogP contribution >= 0.6 is 0 Å². The van der Waals surface area contributed by atoms with E-state index in [0.717, 1.165) is 10.8 Å². The number of likely N-dealkylation sites (tertiary alicyclic amines) is 1. The fourth-order valence-electron chi connectivity index (χ4n) is 6.33. The first-order chi connectivity index (χ1) is 23.3. The van der Waals surface area contributed by atoms with Gasteiger partial charge in [-0.05, 0) is 66.5 Å². The predicted octanol–water partition coefficient (Wildman–Crippen LogP) is 3.18. The number of amides is 3. The average molecular weight is 691 g/mol. The number of rotatable bonds is 12. The summed E-state index contributed by atoms with van der Waals surface area (Å²) < 4.78 is 39.3. The number of nitrogens with zero attached hydrogens (tertiary/aromatic N) is 3. The second-order valence-electron chi connectivity index (χ2n) is 14.1. The minimum Gasteiger partial charge on any atom is -0.497 e. The highest BCUT2D eigenvalue weighted by Crippen LogP contribution is 2.45. The zero-order chi connectivity index (χ0) is 35.1. The maximum atomic E-state index is 14.5. The van der Waals surface area contributed by atoms with Gasteiger partial charge in [-0.1, -0.05) is 26.8 Å². The Kier molecular flexibility index (Phi) is 9.03. The number of benzene rings is 1. The van der Waals surface area contributed by atoms with Gasteiger partial charge in [0, 0.05) is 36.3 Å². The van der Waals surface area contributed by atoms with Crippen LogP contribution in [0.5, 0.6) is 11.6 Å². The first kappa shape index (κ1) is 34.2. The molecule has 5 atom stereocenters. The molecule has 3 heterocycles. The molecule has 3 fully saturated rings. The highest BCUT2D eigenvalue weighted by molar-refractivity contribution is 7.91. The molecule has 260 valence electrons. The fourth-order valence-corrected chi connectivity index (χ4v) is 7.69. The number of nitrogens with one attached hydrogen (secondary N) is 3. The van der Waals surface area contributed by atoms with Gasteiger partial charge in [0.15, 0.2) is 0 Å². The largest absolute Gasteiger partial charge is 0.497 e. The number of sulfonamides is 1. The Labute approximate surface area is 285 Å². The third-order valence-corrected chi connectivity index (χ3v) is 11.2. The molecule has 2 aliphatic carbocycles.